The van der Waals surface area contributed by atoms with Crippen molar-refractivity contribution < 1.29 is 58.2 Å². The van der Waals surface area contributed by atoms with E-state index in [2.05, 4.69) is 24.2 Å². The zero-order valence-electron chi connectivity index (χ0n) is 8.93. The van der Waals surface area contributed by atoms with E-state index in [0.29, 0.717) is 5.92 Å². The minimum atomic E-state index is 0. The number of nitrogens with zero attached hydrogens (tertiary/aromatic N) is 1. The first-order valence-corrected chi connectivity index (χ1v) is 4.87. The van der Waals surface area contributed by atoms with Gasteiger partial charge in [0.05, 0.1) is 0 Å². The smallest absolute Gasteiger partial charge is 0.361 e. The molecular weight excluding hydrogens is 240 g/mol. The molecule has 0 aliphatic rings. The van der Waals surface area contributed by atoms with E-state index in [4.69, 9.17) is 0 Å². The third kappa shape index (κ3) is 5.98. The summed E-state index contributed by atoms with van der Waals surface area (Å²) < 4.78 is 0. The molecule has 0 aromatic carbocycles. The summed E-state index contributed by atoms with van der Waals surface area (Å²) in [6.45, 7) is 10.3. The Hall–Kier alpha value is 1.44. The van der Waals surface area contributed by atoms with Gasteiger partial charge in [-0.15, -0.1) is 0 Å². The first-order valence-electron chi connectivity index (χ1n) is 4.05. The summed E-state index contributed by atoms with van der Waals surface area (Å²) in [6, 6.07) is 0. The predicted molar refractivity (Wildman–Crippen MR) is 51.1 cm³/mol. The zero-order chi connectivity index (χ0) is 8.85. The molecule has 0 N–H and O–H groups in total. The third-order valence-electron chi connectivity index (χ3n) is 1.08. The van der Waals surface area contributed by atoms with Gasteiger partial charge in [-0.3, -0.25) is 0 Å². The SMILES string of the molecule is CC.Cc1[c-]sc(C(C)C)n1.[Rb+]. The molecule has 0 spiro atoms. The van der Waals surface area contributed by atoms with Crippen LogP contribution in [0, 0.1) is 12.3 Å². The zero-order valence-corrected chi connectivity index (χ0v) is 14.7. The molecule has 0 atom stereocenters. The molecule has 0 amide bonds. The summed E-state index contributed by atoms with van der Waals surface area (Å²) in [4.78, 5) is 4.27. The predicted octanol–water partition coefficient (Wildman–Crippen LogP) is 0.405. The quantitative estimate of drug-likeness (QED) is 0.663. The molecule has 1 rings (SSSR count). The molecule has 0 unspecified atom stereocenters. The maximum atomic E-state index is 4.27. The molecule has 1 aromatic rings. The van der Waals surface area contributed by atoms with Gasteiger partial charge in [0, 0.05) is 0 Å². The molecular formula is C9H16NRbS. The summed E-state index contributed by atoms with van der Waals surface area (Å²) in [5.41, 5.74) is 1.02. The molecule has 64 valence electrons. The molecule has 0 aliphatic carbocycles. The van der Waals surface area contributed by atoms with Crippen molar-refractivity contribution in [3.8, 4) is 0 Å². The molecule has 0 fully saturated rings. The average Bonchev–Trinajstić information content (AvgIpc) is 2.40. The number of aryl methyl sites for hydroxylation is 1. The fourth-order valence-electron chi connectivity index (χ4n) is 0.584. The van der Waals surface area contributed by atoms with Crippen LogP contribution in [-0.2, 0) is 0 Å². The molecule has 0 saturated carbocycles. The fourth-order valence-corrected chi connectivity index (χ4v) is 1.30. The van der Waals surface area contributed by atoms with Crippen LogP contribution in [0.4, 0.5) is 0 Å². The standard InChI is InChI=1S/C7H10NS.C2H6.Rb/c1-5(2)7-8-6(3)4-9-7;1-2;/h5H,1-3H3;1-2H3;/q-1;;+1. The van der Waals surface area contributed by atoms with Crippen molar-refractivity contribution in [1.29, 1.82) is 0 Å². The number of aromatic nitrogens is 1. The molecule has 1 heterocycles. The summed E-state index contributed by atoms with van der Waals surface area (Å²) >= 11 is 1.62. The van der Waals surface area contributed by atoms with Crippen molar-refractivity contribution in [1.82, 2.24) is 4.98 Å². The van der Waals surface area contributed by atoms with Crippen molar-refractivity contribution in [2.24, 2.45) is 0 Å². The van der Waals surface area contributed by atoms with E-state index in [9.17, 15) is 0 Å². The Balaban J connectivity index is 0. The molecule has 1 nitrogen and oxygen atoms in total. The molecule has 0 aliphatic heterocycles. The fraction of sp³-hybridized carbons (Fsp3) is 0.667. The summed E-state index contributed by atoms with van der Waals surface area (Å²) in [7, 11) is 0. The van der Waals surface area contributed by atoms with Gasteiger partial charge in [0.15, 0.2) is 0 Å². The second kappa shape index (κ2) is 9.01. The van der Waals surface area contributed by atoms with Crippen LogP contribution in [0.3, 0.4) is 0 Å². The molecule has 3 heteroatoms. The van der Waals surface area contributed by atoms with Crippen molar-refractivity contribution in [2.75, 3.05) is 0 Å². The van der Waals surface area contributed by atoms with Crippen LogP contribution in [0.5, 0.6) is 0 Å². The second-order valence-electron chi connectivity index (χ2n) is 2.39. The van der Waals surface area contributed by atoms with Crippen LogP contribution in [-0.4, -0.2) is 4.98 Å². The van der Waals surface area contributed by atoms with Crippen LogP contribution in [0.1, 0.15) is 44.3 Å². The van der Waals surface area contributed by atoms with Gasteiger partial charge in [0.2, 0.25) is 0 Å². The first-order chi connectivity index (χ1) is 5.20. The van der Waals surface area contributed by atoms with E-state index in [1.54, 1.807) is 11.3 Å². The van der Waals surface area contributed by atoms with Crippen molar-refractivity contribution >= 4 is 11.3 Å². The number of hydrogen-bond acceptors (Lipinski definition) is 2. The van der Waals surface area contributed by atoms with Crippen molar-refractivity contribution in [2.45, 2.75) is 40.5 Å². The maximum Gasteiger partial charge on any atom is 1.00 e. The van der Waals surface area contributed by atoms with Crippen molar-refractivity contribution in [3.05, 3.63) is 16.1 Å². The largest absolute Gasteiger partial charge is 1.00 e. The van der Waals surface area contributed by atoms with Crippen LogP contribution in [0.25, 0.3) is 0 Å². The van der Waals surface area contributed by atoms with Gasteiger partial charge in [-0.05, 0) is 6.92 Å². The molecule has 1 aromatic heterocycles. The van der Waals surface area contributed by atoms with Crippen LogP contribution in [0.15, 0.2) is 0 Å². The Bertz CT molecular complexity index is 196. The van der Waals surface area contributed by atoms with Crippen LogP contribution in [0.2, 0.25) is 0 Å². The van der Waals surface area contributed by atoms with Gasteiger partial charge >= 0.3 is 58.2 Å². The normalized spacial score (nSPS) is 8.50. The van der Waals surface area contributed by atoms with E-state index < -0.39 is 0 Å². The minimum absolute atomic E-state index is 0. The van der Waals surface area contributed by atoms with Gasteiger partial charge < -0.3 is 16.3 Å². The number of thiazole rings is 1. The second-order valence-corrected chi connectivity index (χ2v) is 3.22. The van der Waals surface area contributed by atoms with E-state index in [-0.39, 0.29) is 58.2 Å². The molecule has 0 bridgehead atoms. The molecule has 12 heavy (non-hydrogen) atoms. The van der Waals surface area contributed by atoms with Crippen LogP contribution >= 0.6 is 11.3 Å². The van der Waals surface area contributed by atoms with E-state index in [1.165, 1.54) is 5.01 Å². The third-order valence-corrected chi connectivity index (χ3v) is 2.24. The molecule has 0 radical (unpaired) electrons. The number of rotatable bonds is 1. The Kier molecular flexibility index (Phi) is 11.9. The maximum absolute atomic E-state index is 4.27. The monoisotopic (exact) mass is 255 g/mol. The molecule has 0 saturated heterocycles. The van der Waals surface area contributed by atoms with Gasteiger partial charge in [-0.1, -0.05) is 44.3 Å². The summed E-state index contributed by atoms with van der Waals surface area (Å²) in [6.07, 6.45) is 0. The Morgan fingerprint density at radius 3 is 2.00 bits per heavy atom. The van der Waals surface area contributed by atoms with Gasteiger partial charge in [-0.2, -0.15) is 5.38 Å². The van der Waals surface area contributed by atoms with E-state index in [0.717, 1.165) is 5.69 Å². The summed E-state index contributed by atoms with van der Waals surface area (Å²) in [5, 5.41) is 4.27. The number of hydrogen-bond donors (Lipinski definition) is 0. The topological polar surface area (TPSA) is 12.9 Å². The van der Waals surface area contributed by atoms with E-state index >= 15 is 0 Å². The van der Waals surface area contributed by atoms with E-state index in [1.807, 2.05) is 20.8 Å². The van der Waals surface area contributed by atoms with Crippen molar-refractivity contribution in [3.63, 3.8) is 0 Å². The van der Waals surface area contributed by atoms with Gasteiger partial charge in [0.25, 0.3) is 0 Å². The van der Waals surface area contributed by atoms with Gasteiger partial charge in [0.1, 0.15) is 0 Å². The average molecular weight is 256 g/mol. The summed E-state index contributed by atoms with van der Waals surface area (Å²) in [5.74, 6) is 0.556. The minimum Gasteiger partial charge on any atom is -0.361 e. The van der Waals surface area contributed by atoms with Crippen LogP contribution < -0.4 is 58.2 Å². The van der Waals surface area contributed by atoms with Gasteiger partial charge in [-0.25, -0.2) is 0 Å². The first kappa shape index (κ1) is 15.9. The Morgan fingerprint density at radius 2 is 1.83 bits per heavy atom. The Labute approximate surface area is 129 Å². The Morgan fingerprint density at radius 1 is 1.33 bits per heavy atom.